The zero-order valence-corrected chi connectivity index (χ0v) is 11.0. The lowest BCUT2D eigenvalue weighted by atomic mass is 10.3. The van der Waals surface area contributed by atoms with Gasteiger partial charge in [0.05, 0.1) is 23.4 Å². The van der Waals surface area contributed by atoms with E-state index in [-0.39, 0.29) is 5.91 Å². The Hall–Kier alpha value is -1.82. The summed E-state index contributed by atoms with van der Waals surface area (Å²) in [5, 5.41) is 4.76. The Kier molecular flexibility index (Phi) is 3.99. The molecule has 0 aromatic carbocycles. The van der Waals surface area contributed by atoms with Crippen molar-refractivity contribution in [2.75, 3.05) is 5.73 Å². The Morgan fingerprint density at radius 1 is 1.61 bits per heavy atom. The van der Waals surface area contributed by atoms with Crippen LogP contribution in [0.5, 0.6) is 0 Å². The van der Waals surface area contributed by atoms with Crippen molar-refractivity contribution < 1.29 is 4.79 Å². The first-order valence-electron chi connectivity index (χ1n) is 5.81. The number of amides is 1. The molecule has 0 aliphatic rings. The first kappa shape index (κ1) is 12.6. The number of carbonyl (C=O) groups excluding carboxylic acids is 1. The van der Waals surface area contributed by atoms with E-state index >= 15 is 0 Å². The van der Waals surface area contributed by atoms with E-state index < -0.39 is 0 Å². The van der Waals surface area contributed by atoms with E-state index in [4.69, 9.17) is 5.73 Å². The molecular weight excluding hydrogens is 248 g/mol. The second kappa shape index (κ2) is 5.68. The average Bonchev–Trinajstić information content (AvgIpc) is 2.96. The zero-order chi connectivity index (χ0) is 13.0. The van der Waals surface area contributed by atoms with Crippen LogP contribution in [-0.2, 0) is 13.1 Å². The molecule has 2 rings (SSSR count). The number of hydrogen-bond acceptors (Lipinski definition) is 4. The van der Waals surface area contributed by atoms with Crippen molar-refractivity contribution in [2.45, 2.75) is 26.4 Å². The van der Waals surface area contributed by atoms with Crippen molar-refractivity contribution in [2.24, 2.45) is 0 Å². The molecule has 0 fully saturated rings. The highest BCUT2D eigenvalue weighted by Crippen LogP contribution is 2.11. The van der Waals surface area contributed by atoms with Crippen LogP contribution in [-0.4, -0.2) is 15.5 Å². The van der Waals surface area contributed by atoms with Crippen molar-refractivity contribution >= 4 is 22.9 Å². The van der Waals surface area contributed by atoms with Crippen LogP contribution >= 0.6 is 11.3 Å². The van der Waals surface area contributed by atoms with Crippen molar-refractivity contribution in [3.05, 3.63) is 34.5 Å². The topological polar surface area (TPSA) is 72.9 Å². The minimum Gasteiger partial charge on any atom is -0.397 e. The van der Waals surface area contributed by atoms with Gasteiger partial charge in [0.15, 0.2) is 0 Å². The molecule has 0 atom stereocenters. The summed E-state index contributed by atoms with van der Waals surface area (Å²) in [6, 6.07) is 1.70. The maximum Gasteiger partial charge on any atom is 0.268 e. The van der Waals surface area contributed by atoms with Gasteiger partial charge in [0.2, 0.25) is 0 Å². The van der Waals surface area contributed by atoms with Gasteiger partial charge < -0.3 is 15.6 Å². The molecule has 0 radical (unpaired) electrons. The third kappa shape index (κ3) is 2.89. The second-order valence-electron chi connectivity index (χ2n) is 4.01. The van der Waals surface area contributed by atoms with Gasteiger partial charge in [-0.05, 0) is 12.5 Å². The number of nitrogens with one attached hydrogen (secondary N) is 1. The molecule has 2 aromatic heterocycles. The summed E-state index contributed by atoms with van der Waals surface area (Å²) in [5.41, 5.74) is 9.56. The Morgan fingerprint density at radius 3 is 3.11 bits per heavy atom. The summed E-state index contributed by atoms with van der Waals surface area (Å²) in [4.78, 5) is 16.2. The van der Waals surface area contributed by atoms with E-state index in [0.717, 1.165) is 18.7 Å². The first-order chi connectivity index (χ1) is 8.70. The van der Waals surface area contributed by atoms with Crippen LogP contribution in [0.15, 0.2) is 23.2 Å². The summed E-state index contributed by atoms with van der Waals surface area (Å²) in [6.07, 6.45) is 2.75. The van der Waals surface area contributed by atoms with E-state index in [1.807, 2.05) is 9.95 Å². The number of aromatic nitrogens is 2. The van der Waals surface area contributed by atoms with Gasteiger partial charge in [0, 0.05) is 18.1 Å². The van der Waals surface area contributed by atoms with Gasteiger partial charge in [-0.1, -0.05) is 6.92 Å². The summed E-state index contributed by atoms with van der Waals surface area (Å²) < 4.78 is 1.88. The molecule has 0 bridgehead atoms. The maximum atomic E-state index is 12.0. The Morgan fingerprint density at radius 2 is 2.44 bits per heavy atom. The van der Waals surface area contributed by atoms with Crippen LogP contribution < -0.4 is 11.1 Å². The molecule has 0 unspecified atom stereocenters. The SMILES string of the molecule is CCCn1cc(N)cc1C(=O)NCc1cscn1. The number of carbonyl (C=O) groups is 1. The minimum absolute atomic E-state index is 0.117. The second-order valence-corrected chi connectivity index (χ2v) is 4.73. The quantitative estimate of drug-likeness (QED) is 0.865. The molecule has 0 aliphatic heterocycles. The normalized spacial score (nSPS) is 10.5. The molecular formula is C12H16N4OS. The number of thiazole rings is 1. The van der Waals surface area contributed by atoms with Gasteiger partial charge in [0.1, 0.15) is 5.69 Å². The van der Waals surface area contributed by atoms with Crippen molar-refractivity contribution in [1.29, 1.82) is 0 Å². The molecule has 0 saturated heterocycles. The van der Waals surface area contributed by atoms with Gasteiger partial charge in [-0.25, -0.2) is 4.98 Å². The summed E-state index contributed by atoms with van der Waals surface area (Å²) in [7, 11) is 0. The number of anilines is 1. The fraction of sp³-hybridized carbons (Fsp3) is 0.333. The fourth-order valence-corrected chi connectivity index (χ4v) is 2.29. The van der Waals surface area contributed by atoms with Gasteiger partial charge in [-0.15, -0.1) is 11.3 Å². The van der Waals surface area contributed by atoms with Gasteiger partial charge in [-0.3, -0.25) is 4.79 Å². The van der Waals surface area contributed by atoms with Gasteiger partial charge in [-0.2, -0.15) is 0 Å². The molecule has 3 N–H and O–H groups in total. The lowest BCUT2D eigenvalue weighted by molar-refractivity contribution is 0.0941. The molecule has 96 valence electrons. The molecule has 2 heterocycles. The number of nitrogens with two attached hydrogens (primary N) is 1. The molecule has 5 nitrogen and oxygen atoms in total. The molecule has 1 amide bonds. The largest absolute Gasteiger partial charge is 0.397 e. The van der Waals surface area contributed by atoms with Gasteiger partial charge >= 0.3 is 0 Å². The van der Waals surface area contributed by atoms with E-state index in [1.54, 1.807) is 17.8 Å². The molecule has 0 spiro atoms. The Bertz CT molecular complexity index is 518. The maximum absolute atomic E-state index is 12.0. The van der Waals surface area contributed by atoms with Crippen LogP contribution in [0.25, 0.3) is 0 Å². The highest BCUT2D eigenvalue weighted by Gasteiger charge is 2.12. The first-order valence-corrected chi connectivity index (χ1v) is 6.76. The third-order valence-electron chi connectivity index (χ3n) is 2.53. The third-order valence-corrected chi connectivity index (χ3v) is 3.16. The summed E-state index contributed by atoms with van der Waals surface area (Å²) in [6.45, 7) is 3.29. The number of rotatable bonds is 5. The molecule has 0 saturated carbocycles. The number of hydrogen-bond donors (Lipinski definition) is 2. The highest BCUT2D eigenvalue weighted by atomic mass is 32.1. The lowest BCUT2D eigenvalue weighted by Crippen LogP contribution is -2.25. The zero-order valence-electron chi connectivity index (χ0n) is 10.2. The number of nitrogen functional groups attached to an aromatic ring is 1. The van der Waals surface area contributed by atoms with Crippen LogP contribution in [0.3, 0.4) is 0 Å². The van der Waals surface area contributed by atoms with Crippen molar-refractivity contribution in [3.63, 3.8) is 0 Å². The van der Waals surface area contributed by atoms with Crippen LogP contribution in [0.1, 0.15) is 29.5 Å². The number of nitrogens with zero attached hydrogens (tertiary/aromatic N) is 2. The Labute approximate surface area is 110 Å². The van der Waals surface area contributed by atoms with Crippen LogP contribution in [0.4, 0.5) is 5.69 Å². The monoisotopic (exact) mass is 264 g/mol. The van der Waals surface area contributed by atoms with Crippen molar-refractivity contribution in [3.8, 4) is 0 Å². The Balaban J connectivity index is 2.03. The van der Waals surface area contributed by atoms with Crippen molar-refractivity contribution in [1.82, 2.24) is 14.9 Å². The molecule has 0 aliphatic carbocycles. The molecule has 2 aromatic rings. The van der Waals surface area contributed by atoms with E-state index in [1.165, 1.54) is 11.3 Å². The lowest BCUT2D eigenvalue weighted by Gasteiger charge is -2.07. The standard InChI is InChI=1S/C12H16N4OS/c1-2-3-16-6-9(13)4-11(16)12(17)14-5-10-7-18-8-15-10/h4,6-8H,2-3,5,13H2,1H3,(H,14,17). The average molecular weight is 264 g/mol. The highest BCUT2D eigenvalue weighted by molar-refractivity contribution is 7.07. The predicted molar refractivity (Wildman–Crippen MR) is 72.4 cm³/mol. The van der Waals surface area contributed by atoms with E-state index in [9.17, 15) is 4.79 Å². The van der Waals surface area contributed by atoms with Crippen LogP contribution in [0.2, 0.25) is 0 Å². The van der Waals surface area contributed by atoms with E-state index in [2.05, 4.69) is 17.2 Å². The summed E-state index contributed by atoms with van der Waals surface area (Å²) in [5.74, 6) is -0.117. The van der Waals surface area contributed by atoms with Gasteiger partial charge in [0.25, 0.3) is 5.91 Å². The smallest absolute Gasteiger partial charge is 0.268 e. The predicted octanol–water partition coefficient (Wildman–Crippen LogP) is 1.87. The van der Waals surface area contributed by atoms with Crippen LogP contribution in [0, 0.1) is 0 Å². The summed E-state index contributed by atoms with van der Waals surface area (Å²) >= 11 is 1.51. The number of aryl methyl sites for hydroxylation is 1. The molecule has 6 heteroatoms. The van der Waals surface area contributed by atoms with E-state index in [0.29, 0.717) is 17.9 Å². The fourth-order valence-electron chi connectivity index (χ4n) is 1.74. The molecule has 18 heavy (non-hydrogen) atoms. The minimum atomic E-state index is -0.117.